The predicted molar refractivity (Wildman–Crippen MR) is 107 cm³/mol. The zero-order valence-electron chi connectivity index (χ0n) is 10.6. The van der Waals surface area contributed by atoms with E-state index in [0.717, 1.165) is 18.4 Å². The van der Waals surface area contributed by atoms with Crippen molar-refractivity contribution in [3.63, 3.8) is 0 Å². The fraction of sp³-hybridized carbons (Fsp3) is 0.0714. The molecular formula is C14H9I3N2O2. The minimum Gasteiger partial charge on any atom is -0.482 e. The highest BCUT2D eigenvalue weighted by Gasteiger charge is 2.11. The van der Waals surface area contributed by atoms with E-state index in [1.165, 1.54) is 3.57 Å². The molecule has 0 aliphatic carbocycles. The highest BCUT2D eigenvalue weighted by Crippen LogP contribution is 2.30. The molecule has 0 fully saturated rings. The Morgan fingerprint density at radius 3 is 2.52 bits per heavy atom. The first-order chi connectivity index (χ1) is 10.0. The number of nitrogens with zero attached hydrogens (tertiary/aromatic N) is 1. The van der Waals surface area contributed by atoms with Crippen LogP contribution in [0.5, 0.6) is 5.75 Å². The van der Waals surface area contributed by atoms with Gasteiger partial charge in [0, 0.05) is 15.3 Å². The van der Waals surface area contributed by atoms with Gasteiger partial charge in [-0.25, -0.2) is 4.98 Å². The van der Waals surface area contributed by atoms with Gasteiger partial charge < -0.3 is 14.9 Å². The van der Waals surface area contributed by atoms with E-state index < -0.39 is 0 Å². The Balaban J connectivity index is 1.83. The summed E-state index contributed by atoms with van der Waals surface area (Å²) in [5, 5.41) is 0. The minimum atomic E-state index is 0.293. The molecule has 1 heterocycles. The summed E-state index contributed by atoms with van der Waals surface area (Å²) in [4.78, 5) is 4.39. The van der Waals surface area contributed by atoms with Gasteiger partial charge in [-0.05, 0) is 92.0 Å². The number of halogens is 3. The van der Waals surface area contributed by atoms with Gasteiger partial charge in [0.25, 0.3) is 0 Å². The molecule has 0 aliphatic heterocycles. The second kappa shape index (κ2) is 6.44. The van der Waals surface area contributed by atoms with Crippen molar-refractivity contribution < 1.29 is 9.15 Å². The molecule has 0 unspecified atom stereocenters. The van der Waals surface area contributed by atoms with Crippen molar-refractivity contribution in [2.75, 3.05) is 5.73 Å². The van der Waals surface area contributed by atoms with E-state index in [-0.39, 0.29) is 0 Å². The molecule has 7 heteroatoms. The number of oxazole rings is 1. The average Bonchev–Trinajstić information content (AvgIpc) is 2.79. The largest absolute Gasteiger partial charge is 0.482 e. The molecule has 3 rings (SSSR count). The number of fused-ring (bicyclic) bond motifs is 1. The molecule has 0 spiro atoms. The Kier molecular flexibility index (Phi) is 4.78. The van der Waals surface area contributed by atoms with E-state index in [2.05, 4.69) is 84.9 Å². The standard InChI is InChI=1S/C14H9I3N2O2/c15-7-3-9(16)14(10(17)4-7)20-6-13-19-11-2-1-8(18)5-12(11)21-13/h1-5H,6,18H2. The predicted octanol–water partition coefficient (Wildman–Crippen LogP) is 4.80. The van der Waals surface area contributed by atoms with E-state index in [9.17, 15) is 0 Å². The zero-order valence-corrected chi connectivity index (χ0v) is 17.0. The molecule has 4 nitrogen and oxygen atoms in total. The molecule has 0 radical (unpaired) electrons. The number of nitrogen functional groups attached to an aromatic ring is 1. The monoisotopic (exact) mass is 618 g/mol. The van der Waals surface area contributed by atoms with Crippen LogP contribution in [0.2, 0.25) is 0 Å². The first-order valence-electron chi connectivity index (χ1n) is 5.95. The van der Waals surface area contributed by atoms with Gasteiger partial charge in [0.15, 0.2) is 12.2 Å². The van der Waals surface area contributed by atoms with Crippen molar-refractivity contribution in [1.29, 1.82) is 0 Å². The van der Waals surface area contributed by atoms with Crippen molar-refractivity contribution >= 4 is 84.6 Å². The lowest BCUT2D eigenvalue weighted by atomic mass is 10.3. The molecular weight excluding hydrogens is 609 g/mol. The SMILES string of the molecule is Nc1ccc2nc(COc3c(I)cc(I)cc3I)oc2c1. The first-order valence-corrected chi connectivity index (χ1v) is 9.19. The second-order valence-electron chi connectivity index (χ2n) is 4.32. The lowest BCUT2D eigenvalue weighted by Crippen LogP contribution is -1.99. The number of nitrogens with two attached hydrogens (primary N) is 1. The van der Waals surface area contributed by atoms with E-state index >= 15 is 0 Å². The van der Waals surface area contributed by atoms with E-state index in [1.807, 2.05) is 6.07 Å². The normalized spacial score (nSPS) is 11.0. The lowest BCUT2D eigenvalue weighted by molar-refractivity contribution is 0.263. The molecule has 21 heavy (non-hydrogen) atoms. The van der Waals surface area contributed by atoms with E-state index in [4.69, 9.17) is 14.9 Å². The summed E-state index contributed by atoms with van der Waals surface area (Å²) in [6, 6.07) is 9.57. The van der Waals surface area contributed by atoms with Gasteiger partial charge in [0.1, 0.15) is 11.3 Å². The van der Waals surface area contributed by atoms with Gasteiger partial charge in [-0.15, -0.1) is 0 Å². The molecule has 0 aliphatic rings. The maximum absolute atomic E-state index is 5.86. The third kappa shape index (κ3) is 3.55. The number of hydrogen-bond acceptors (Lipinski definition) is 4. The maximum Gasteiger partial charge on any atom is 0.233 e. The Hall–Kier alpha value is -0.300. The number of aromatic nitrogens is 1. The van der Waals surface area contributed by atoms with Gasteiger partial charge >= 0.3 is 0 Å². The van der Waals surface area contributed by atoms with Crippen LogP contribution in [0.1, 0.15) is 5.89 Å². The summed E-state index contributed by atoms with van der Waals surface area (Å²) < 4.78 is 14.8. The fourth-order valence-electron chi connectivity index (χ4n) is 1.85. The van der Waals surface area contributed by atoms with Crippen molar-refractivity contribution in [3.05, 3.63) is 46.9 Å². The first kappa shape index (κ1) is 15.6. The van der Waals surface area contributed by atoms with E-state index in [1.54, 1.807) is 12.1 Å². The second-order valence-corrected chi connectivity index (χ2v) is 7.89. The minimum absolute atomic E-state index is 0.293. The summed E-state index contributed by atoms with van der Waals surface area (Å²) in [5.74, 6) is 1.40. The van der Waals surface area contributed by atoms with Crippen LogP contribution in [0.3, 0.4) is 0 Å². The third-order valence-electron chi connectivity index (χ3n) is 2.76. The summed E-state index contributed by atoms with van der Waals surface area (Å²) in [6.45, 7) is 0.293. The molecule has 1 aromatic heterocycles. The average molecular weight is 618 g/mol. The molecule has 0 saturated heterocycles. The number of benzene rings is 2. The van der Waals surface area contributed by atoms with Crippen LogP contribution in [0.4, 0.5) is 5.69 Å². The van der Waals surface area contributed by atoms with Crippen LogP contribution in [0.15, 0.2) is 34.7 Å². The molecule has 0 bridgehead atoms. The number of rotatable bonds is 3. The van der Waals surface area contributed by atoms with Crippen molar-refractivity contribution in [2.24, 2.45) is 0 Å². The molecule has 0 amide bonds. The van der Waals surface area contributed by atoms with Crippen LogP contribution in [-0.2, 0) is 6.61 Å². The van der Waals surface area contributed by atoms with Gasteiger partial charge in [-0.1, -0.05) is 0 Å². The molecule has 2 aromatic carbocycles. The van der Waals surface area contributed by atoms with Crippen LogP contribution in [0.25, 0.3) is 11.1 Å². The molecule has 0 atom stereocenters. The van der Waals surface area contributed by atoms with Crippen molar-refractivity contribution in [1.82, 2.24) is 4.98 Å². The molecule has 2 N–H and O–H groups in total. The summed E-state index contributed by atoms with van der Waals surface area (Å²) in [6.07, 6.45) is 0. The van der Waals surface area contributed by atoms with Crippen molar-refractivity contribution in [2.45, 2.75) is 6.61 Å². The lowest BCUT2D eigenvalue weighted by Gasteiger charge is -2.09. The van der Waals surface area contributed by atoms with Crippen LogP contribution < -0.4 is 10.5 Å². The third-order valence-corrected chi connectivity index (χ3v) is 4.99. The van der Waals surface area contributed by atoms with Crippen LogP contribution in [-0.4, -0.2) is 4.98 Å². The zero-order chi connectivity index (χ0) is 15.0. The highest BCUT2D eigenvalue weighted by molar-refractivity contribution is 14.1. The highest BCUT2D eigenvalue weighted by atomic mass is 127. The summed E-state index contributed by atoms with van der Waals surface area (Å²) >= 11 is 6.83. The smallest absolute Gasteiger partial charge is 0.233 e. The Bertz CT molecular complexity index is 794. The topological polar surface area (TPSA) is 61.3 Å². The van der Waals surface area contributed by atoms with Gasteiger partial charge in [-0.3, -0.25) is 0 Å². The Morgan fingerprint density at radius 2 is 1.81 bits per heavy atom. The van der Waals surface area contributed by atoms with Gasteiger partial charge in [-0.2, -0.15) is 0 Å². The fourth-order valence-corrected chi connectivity index (χ4v) is 5.75. The number of anilines is 1. The van der Waals surface area contributed by atoms with Crippen LogP contribution in [0, 0.1) is 10.7 Å². The van der Waals surface area contributed by atoms with E-state index in [0.29, 0.717) is 23.8 Å². The number of hydrogen-bond donors (Lipinski definition) is 1. The Labute approximate surface area is 162 Å². The quantitative estimate of drug-likeness (QED) is 0.339. The molecule has 108 valence electrons. The maximum atomic E-state index is 5.86. The van der Waals surface area contributed by atoms with Gasteiger partial charge in [0.2, 0.25) is 5.89 Å². The van der Waals surface area contributed by atoms with Crippen molar-refractivity contribution in [3.8, 4) is 5.75 Å². The number of ether oxygens (including phenoxy) is 1. The summed E-state index contributed by atoms with van der Waals surface area (Å²) in [5.41, 5.74) is 7.86. The van der Waals surface area contributed by atoms with Gasteiger partial charge in [0.05, 0.1) is 7.14 Å². The Morgan fingerprint density at radius 1 is 1.10 bits per heavy atom. The summed E-state index contributed by atoms with van der Waals surface area (Å²) in [7, 11) is 0. The molecule has 0 saturated carbocycles. The van der Waals surface area contributed by atoms with Crippen LogP contribution >= 0.6 is 67.8 Å². The molecule has 3 aromatic rings.